The highest BCUT2D eigenvalue weighted by molar-refractivity contribution is 6.00. The zero-order valence-corrected chi connectivity index (χ0v) is 14.6. The zero-order chi connectivity index (χ0) is 17.7. The van der Waals surface area contributed by atoms with Crippen molar-refractivity contribution in [3.8, 4) is 11.8 Å². The third-order valence-electron chi connectivity index (χ3n) is 4.08. The molecule has 3 rings (SSSR count). The standard InChI is InChI=1S/C21H22N3O/c1-24(2,15-6-5-13-23-14-7-12-22-23)17-21(25)20-11-10-18-8-3-4-9-19(18)16-20/h3-4,7-12,14,16H,13,15,17H2,1-2H3/q+1. The van der Waals surface area contributed by atoms with Crippen molar-refractivity contribution in [1.29, 1.82) is 0 Å². The average Bonchev–Trinajstić information content (AvgIpc) is 3.11. The molecule has 0 N–H and O–H groups in total. The number of quaternary nitrogens is 1. The maximum atomic E-state index is 12.6. The van der Waals surface area contributed by atoms with Crippen LogP contribution in [0.1, 0.15) is 10.4 Å². The number of hydrogen-bond donors (Lipinski definition) is 0. The Morgan fingerprint density at radius 2 is 1.88 bits per heavy atom. The number of aromatic nitrogens is 2. The molecule has 1 aromatic heterocycles. The molecule has 0 spiro atoms. The summed E-state index contributed by atoms with van der Waals surface area (Å²) < 4.78 is 2.32. The molecule has 0 fully saturated rings. The van der Waals surface area contributed by atoms with Crippen LogP contribution in [0.5, 0.6) is 0 Å². The van der Waals surface area contributed by atoms with E-state index in [9.17, 15) is 4.79 Å². The highest BCUT2D eigenvalue weighted by Gasteiger charge is 2.20. The minimum atomic E-state index is 0.143. The van der Waals surface area contributed by atoms with Gasteiger partial charge >= 0.3 is 0 Å². The summed E-state index contributed by atoms with van der Waals surface area (Å²) >= 11 is 0. The molecule has 3 aromatic rings. The van der Waals surface area contributed by atoms with Crippen LogP contribution in [-0.4, -0.2) is 47.2 Å². The Bertz CT molecular complexity index is 930. The Kier molecular flexibility index (Phi) is 4.97. The van der Waals surface area contributed by atoms with Gasteiger partial charge in [0, 0.05) is 18.0 Å². The quantitative estimate of drug-likeness (QED) is 0.409. The second-order valence-corrected chi connectivity index (χ2v) is 6.79. The van der Waals surface area contributed by atoms with Gasteiger partial charge in [0.05, 0.1) is 14.1 Å². The average molecular weight is 332 g/mol. The number of ketones is 1. The van der Waals surface area contributed by atoms with Crippen LogP contribution < -0.4 is 0 Å². The van der Waals surface area contributed by atoms with Crippen molar-refractivity contribution in [3.63, 3.8) is 0 Å². The van der Waals surface area contributed by atoms with Crippen LogP contribution in [-0.2, 0) is 6.54 Å². The van der Waals surface area contributed by atoms with E-state index >= 15 is 0 Å². The van der Waals surface area contributed by atoms with E-state index in [1.807, 2.05) is 62.8 Å². The number of benzene rings is 2. The molecule has 0 atom stereocenters. The molecule has 0 saturated heterocycles. The lowest BCUT2D eigenvalue weighted by Crippen LogP contribution is -2.44. The van der Waals surface area contributed by atoms with Crippen molar-refractivity contribution in [3.05, 3.63) is 66.5 Å². The van der Waals surface area contributed by atoms with Gasteiger partial charge in [-0.2, -0.15) is 5.10 Å². The molecule has 4 heteroatoms. The Labute approximate surface area is 148 Å². The van der Waals surface area contributed by atoms with Crippen molar-refractivity contribution in [2.75, 3.05) is 27.2 Å². The molecule has 0 bridgehead atoms. The third-order valence-corrected chi connectivity index (χ3v) is 4.08. The van der Waals surface area contributed by atoms with E-state index in [0.717, 1.165) is 16.3 Å². The number of nitrogens with zero attached hydrogens (tertiary/aromatic N) is 3. The second-order valence-electron chi connectivity index (χ2n) is 6.79. The highest BCUT2D eigenvalue weighted by Crippen LogP contribution is 2.16. The number of rotatable bonds is 5. The summed E-state index contributed by atoms with van der Waals surface area (Å²) in [7, 11) is 4.06. The first-order valence-corrected chi connectivity index (χ1v) is 8.31. The molecule has 0 amide bonds. The molecular weight excluding hydrogens is 310 g/mol. The number of likely N-dealkylation sites (N-methyl/N-ethyl adjacent to an activating group) is 1. The molecule has 0 aliphatic carbocycles. The SMILES string of the molecule is C[N+](C)(CC#CCn1cccn1)CC(=O)c1ccc2ccccc2c1. The van der Waals surface area contributed by atoms with Crippen molar-refractivity contribution in [2.45, 2.75) is 6.54 Å². The van der Waals surface area contributed by atoms with Crippen LogP contribution in [0.4, 0.5) is 0 Å². The number of Topliss-reactive ketones (excluding diaryl/α,β-unsaturated/α-hetero) is 1. The molecule has 0 unspecified atom stereocenters. The van der Waals surface area contributed by atoms with E-state index in [1.165, 1.54) is 0 Å². The number of hydrogen-bond acceptors (Lipinski definition) is 2. The maximum absolute atomic E-state index is 12.6. The van der Waals surface area contributed by atoms with Gasteiger partial charge in [0.2, 0.25) is 5.78 Å². The fourth-order valence-electron chi connectivity index (χ4n) is 2.70. The lowest BCUT2D eigenvalue weighted by atomic mass is 10.0. The number of carbonyl (C=O) groups is 1. The fraction of sp³-hybridized carbons (Fsp3) is 0.238. The predicted molar refractivity (Wildman–Crippen MR) is 100 cm³/mol. The topological polar surface area (TPSA) is 34.9 Å². The van der Waals surface area contributed by atoms with Crippen LogP contribution in [0.2, 0.25) is 0 Å². The minimum Gasteiger partial charge on any atom is -0.312 e. The van der Waals surface area contributed by atoms with Crippen molar-refractivity contribution < 1.29 is 9.28 Å². The molecule has 0 aliphatic heterocycles. The second kappa shape index (κ2) is 7.33. The van der Waals surface area contributed by atoms with E-state index < -0.39 is 0 Å². The lowest BCUT2D eigenvalue weighted by Gasteiger charge is -2.26. The summed E-state index contributed by atoms with van der Waals surface area (Å²) in [6.07, 6.45) is 3.63. The van der Waals surface area contributed by atoms with Crippen LogP contribution in [0, 0.1) is 11.8 Å². The lowest BCUT2D eigenvalue weighted by molar-refractivity contribution is -0.874. The van der Waals surface area contributed by atoms with Crippen molar-refractivity contribution >= 4 is 16.6 Å². The van der Waals surface area contributed by atoms with E-state index in [1.54, 1.807) is 10.9 Å². The molecular formula is C21H22N3O+. The van der Waals surface area contributed by atoms with Gasteiger partial charge in [-0.15, -0.1) is 0 Å². The van der Waals surface area contributed by atoms with Crippen LogP contribution >= 0.6 is 0 Å². The van der Waals surface area contributed by atoms with E-state index in [4.69, 9.17) is 0 Å². The smallest absolute Gasteiger partial charge is 0.216 e. The molecule has 0 saturated carbocycles. The van der Waals surface area contributed by atoms with Crippen LogP contribution in [0.3, 0.4) is 0 Å². The minimum absolute atomic E-state index is 0.143. The fourth-order valence-corrected chi connectivity index (χ4v) is 2.70. The molecule has 126 valence electrons. The summed E-state index contributed by atoms with van der Waals surface area (Å²) in [5, 5.41) is 6.36. The van der Waals surface area contributed by atoms with Gasteiger partial charge in [0.1, 0.15) is 19.6 Å². The molecule has 4 nitrogen and oxygen atoms in total. The maximum Gasteiger partial charge on any atom is 0.216 e. The van der Waals surface area contributed by atoms with Gasteiger partial charge in [-0.25, -0.2) is 0 Å². The van der Waals surface area contributed by atoms with Gasteiger partial charge < -0.3 is 4.48 Å². The summed E-state index contributed by atoms with van der Waals surface area (Å²) in [6, 6.07) is 15.9. The van der Waals surface area contributed by atoms with Crippen LogP contribution in [0.15, 0.2) is 60.9 Å². The number of fused-ring (bicyclic) bond motifs is 1. The zero-order valence-electron chi connectivity index (χ0n) is 14.6. The predicted octanol–water partition coefficient (Wildman–Crippen LogP) is 3.00. The Morgan fingerprint density at radius 3 is 2.64 bits per heavy atom. The largest absolute Gasteiger partial charge is 0.312 e. The van der Waals surface area contributed by atoms with Gasteiger partial charge in [-0.1, -0.05) is 42.3 Å². The van der Waals surface area contributed by atoms with Gasteiger partial charge in [0.15, 0.2) is 0 Å². The molecule has 0 aliphatic rings. The number of carbonyl (C=O) groups excluding carboxylic acids is 1. The van der Waals surface area contributed by atoms with E-state index in [2.05, 4.69) is 23.0 Å². The Morgan fingerprint density at radius 1 is 1.08 bits per heavy atom. The van der Waals surface area contributed by atoms with E-state index in [0.29, 0.717) is 24.1 Å². The van der Waals surface area contributed by atoms with Crippen molar-refractivity contribution in [2.24, 2.45) is 0 Å². The molecule has 2 aromatic carbocycles. The summed E-state index contributed by atoms with van der Waals surface area (Å²) in [5.74, 6) is 6.41. The summed E-state index contributed by atoms with van der Waals surface area (Å²) in [5.41, 5.74) is 0.759. The molecule has 25 heavy (non-hydrogen) atoms. The monoisotopic (exact) mass is 332 g/mol. The highest BCUT2D eigenvalue weighted by atomic mass is 16.1. The Hall–Kier alpha value is -2.90. The normalized spacial score (nSPS) is 11.1. The summed E-state index contributed by atoms with van der Waals surface area (Å²) in [4.78, 5) is 12.6. The van der Waals surface area contributed by atoms with Crippen LogP contribution in [0.25, 0.3) is 10.8 Å². The van der Waals surface area contributed by atoms with Gasteiger partial charge in [0.25, 0.3) is 0 Å². The molecule has 1 heterocycles. The van der Waals surface area contributed by atoms with Gasteiger partial charge in [-0.3, -0.25) is 9.48 Å². The first-order chi connectivity index (χ1) is 12.0. The first-order valence-electron chi connectivity index (χ1n) is 8.31. The third kappa shape index (κ3) is 4.56. The Balaban J connectivity index is 1.62. The summed E-state index contributed by atoms with van der Waals surface area (Å²) in [6.45, 7) is 1.63. The van der Waals surface area contributed by atoms with Crippen molar-refractivity contribution in [1.82, 2.24) is 9.78 Å². The first kappa shape index (κ1) is 16.9. The van der Waals surface area contributed by atoms with E-state index in [-0.39, 0.29) is 5.78 Å². The molecule has 0 radical (unpaired) electrons. The van der Waals surface area contributed by atoms with Gasteiger partial charge in [-0.05, 0) is 28.8 Å².